The second-order valence-electron chi connectivity index (χ2n) is 6.90. The van der Waals surface area contributed by atoms with E-state index < -0.39 is 0 Å². The van der Waals surface area contributed by atoms with Gasteiger partial charge in [0.15, 0.2) is 0 Å². The molecule has 0 spiro atoms. The van der Waals surface area contributed by atoms with Crippen molar-refractivity contribution in [2.45, 2.75) is 46.1 Å². The van der Waals surface area contributed by atoms with Gasteiger partial charge in [-0.05, 0) is 25.2 Å². The fourth-order valence-electron chi connectivity index (χ4n) is 3.34. The zero-order chi connectivity index (χ0) is 15.6. The molecule has 2 aliphatic rings. The van der Waals surface area contributed by atoms with Gasteiger partial charge in [-0.1, -0.05) is 20.8 Å². The summed E-state index contributed by atoms with van der Waals surface area (Å²) in [5, 5.41) is 9.77. The Balaban J connectivity index is 1.94. The van der Waals surface area contributed by atoms with Gasteiger partial charge in [0.25, 0.3) is 0 Å². The summed E-state index contributed by atoms with van der Waals surface area (Å²) >= 11 is 0. The van der Waals surface area contributed by atoms with Gasteiger partial charge in [-0.2, -0.15) is 0 Å². The number of hydrogen-bond donors (Lipinski definition) is 1. The van der Waals surface area contributed by atoms with E-state index >= 15 is 0 Å². The van der Waals surface area contributed by atoms with Gasteiger partial charge in [-0.25, -0.2) is 0 Å². The number of aliphatic hydroxyl groups excluding tert-OH is 1. The zero-order valence-electron chi connectivity index (χ0n) is 13.4. The molecule has 0 bridgehead atoms. The van der Waals surface area contributed by atoms with Crippen LogP contribution in [0.15, 0.2) is 0 Å². The first-order valence-electron chi connectivity index (χ1n) is 8.15. The lowest BCUT2D eigenvalue weighted by molar-refractivity contribution is -0.144. The van der Waals surface area contributed by atoms with Gasteiger partial charge in [0, 0.05) is 32.1 Å². The monoisotopic (exact) mass is 296 g/mol. The van der Waals surface area contributed by atoms with E-state index in [4.69, 9.17) is 0 Å². The van der Waals surface area contributed by atoms with Gasteiger partial charge in [0.2, 0.25) is 11.8 Å². The zero-order valence-corrected chi connectivity index (χ0v) is 13.4. The minimum absolute atomic E-state index is 0.0102. The number of rotatable bonds is 2. The molecule has 2 amide bonds. The Hall–Kier alpha value is -1.10. The van der Waals surface area contributed by atoms with E-state index in [0.29, 0.717) is 26.1 Å². The highest BCUT2D eigenvalue weighted by Gasteiger charge is 2.34. The number of carbonyl (C=O) groups is 2. The van der Waals surface area contributed by atoms with Crippen LogP contribution in [-0.4, -0.2) is 59.0 Å². The first-order chi connectivity index (χ1) is 9.90. The first-order valence-corrected chi connectivity index (χ1v) is 8.15. The molecular weight excluding hydrogens is 268 g/mol. The lowest BCUT2D eigenvalue weighted by Gasteiger charge is -2.39. The molecule has 2 fully saturated rings. The third-order valence-electron chi connectivity index (χ3n) is 4.75. The molecule has 120 valence electrons. The lowest BCUT2D eigenvalue weighted by Crippen LogP contribution is -2.51. The molecule has 2 saturated heterocycles. The summed E-state index contributed by atoms with van der Waals surface area (Å²) in [6, 6.07) is 0. The number of amides is 2. The van der Waals surface area contributed by atoms with Crippen LogP contribution in [0.1, 0.15) is 40.0 Å². The smallest absolute Gasteiger partial charge is 0.227 e. The average Bonchev–Trinajstić information content (AvgIpc) is 2.48. The number of hydrogen-bond acceptors (Lipinski definition) is 3. The Morgan fingerprint density at radius 2 is 1.81 bits per heavy atom. The Morgan fingerprint density at radius 1 is 1.10 bits per heavy atom. The molecule has 3 atom stereocenters. The molecule has 1 N–H and O–H groups in total. The van der Waals surface area contributed by atoms with Gasteiger partial charge >= 0.3 is 0 Å². The number of likely N-dealkylation sites (tertiary alicyclic amines) is 2. The average molecular weight is 296 g/mol. The molecule has 2 heterocycles. The van der Waals surface area contributed by atoms with Crippen molar-refractivity contribution < 1.29 is 14.7 Å². The van der Waals surface area contributed by atoms with Crippen LogP contribution in [0.4, 0.5) is 0 Å². The maximum Gasteiger partial charge on any atom is 0.227 e. The summed E-state index contributed by atoms with van der Waals surface area (Å²) in [6.07, 6.45) is 2.14. The molecule has 3 unspecified atom stereocenters. The molecule has 5 nitrogen and oxygen atoms in total. The van der Waals surface area contributed by atoms with Crippen molar-refractivity contribution in [3.63, 3.8) is 0 Å². The third kappa shape index (κ3) is 3.76. The predicted molar refractivity (Wildman–Crippen MR) is 80.5 cm³/mol. The Bertz CT molecular complexity index is 397. The maximum atomic E-state index is 12.6. The molecule has 0 aromatic rings. The Labute approximate surface area is 127 Å². The van der Waals surface area contributed by atoms with Gasteiger partial charge in [0.1, 0.15) is 0 Å². The van der Waals surface area contributed by atoms with E-state index in [-0.39, 0.29) is 35.7 Å². The van der Waals surface area contributed by atoms with E-state index in [9.17, 15) is 14.7 Å². The van der Waals surface area contributed by atoms with Crippen molar-refractivity contribution in [1.29, 1.82) is 0 Å². The highest BCUT2D eigenvalue weighted by Crippen LogP contribution is 2.24. The van der Waals surface area contributed by atoms with Gasteiger partial charge < -0.3 is 14.9 Å². The highest BCUT2D eigenvalue weighted by molar-refractivity contribution is 5.82. The van der Waals surface area contributed by atoms with Gasteiger partial charge in [0.05, 0.1) is 12.0 Å². The molecule has 0 aromatic heterocycles. The van der Waals surface area contributed by atoms with Crippen LogP contribution < -0.4 is 0 Å². The van der Waals surface area contributed by atoms with Gasteiger partial charge in [-0.15, -0.1) is 0 Å². The fraction of sp³-hybridized carbons (Fsp3) is 0.875. The van der Waals surface area contributed by atoms with E-state index in [2.05, 4.69) is 0 Å². The summed E-state index contributed by atoms with van der Waals surface area (Å²) in [5.41, 5.74) is 0. The second-order valence-corrected chi connectivity index (χ2v) is 6.90. The number of aliphatic hydroxyl groups is 1. The molecule has 21 heavy (non-hydrogen) atoms. The summed E-state index contributed by atoms with van der Waals surface area (Å²) in [7, 11) is 0. The number of piperidine rings is 2. The van der Waals surface area contributed by atoms with Crippen molar-refractivity contribution in [2.24, 2.45) is 17.8 Å². The molecule has 5 heteroatoms. The molecule has 2 rings (SSSR count). The van der Waals surface area contributed by atoms with Crippen molar-refractivity contribution in [2.75, 3.05) is 26.2 Å². The van der Waals surface area contributed by atoms with Crippen LogP contribution in [0.25, 0.3) is 0 Å². The third-order valence-corrected chi connectivity index (χ3v) is 4.75. The van der Waals surface area contributed by atoms with Gasteiger partial charge in [-0.3, -0.25) is 9.59 Å². The van der Waals surface area contributed by atoms with E-state index in [1.807, 2.05) is 30.6 Å². The van der Waals surface area contributed by atoms with Crippen molar-refractivity contribution in [3.05, 3.63) is 0 Å². The van der Waals surface area contributed by atoms with Crippen molar-refractivity contribution in [3.8, 4) is 0 Å². The number of nitrogens with zero attached hydrogens (tertiary/aromatic N) is 2. The number of carbonyl (C=O) groups excluding carboxylic acids is 2. The molecule has 0 aromatic carbocycles. The molecular formula is C16H28N2O3. The van der Waals surface area contributed by atoms with Crippen LogP contribution in [0, 0.1) is 17.8 Å². The van der Waals surface area contributed by atoms with Crippen LogP contribution in [0.2, 0.25) is 0 Å². The van der Waals surface area contributed by atoms with Crippen molar-refractivity contribution >= 4 is 11.8 Å². The van der Waals surface area contributed by atoms with Crippen LogP contribution in [0.5, 0.6) is 0 Å². The van der Waals surface area contributed by atoms with E-state index in [1.165, 1.54) is 0 Å². The largest absolute Gasteiger partial charge is 0.393 e. The summed E-state index contributed by atoms with van der Waals surface area (Å²) in [5.74, 6) is 0.373. The maximum absolute atomic E-state index is 12.6. The fourth-order valence-corrected chi connectivity index (χ4v) is 3.34. The van der Waals surface area contributed by atoms with E-state index in [0.717, 1.165) is 19.4 Å². The SMILES string of the molecule is CC(C)C(=O)N1CCCC(C(=O)N2CCC(O)C(C)C2)C1. The quantitative estimate of drug-likeness (QED) is 0.830. The molecule has 0 radical (unpaired) electrons. The standard InChI is InChI=1S/C16H28N2O3/c1-11(2)15(20)17-7-4-5-13(10-17)16(21)18-8-6-14(19)12(3)9-18/h11-14,19H,4-10H2,1-3H3. The Kier molecular flexibility index (Phi) is 5.25. The topological polar surface area (TPSA) is 60.9 Å². The summed E-state index contributed by atoms with van der Waals surface area (Å²) < 4.78 is 0. The first kappa shape index (κ1) is 16.3. The molecule has 0 saturated carbocycles. The van der Waals surface area contributed by atoms with Crippen molar-refractivity contribution in [1.82, 2.24) is 9.80 Å². The molecule has 0 aliphatic carbocycles. The minimum atomic E-state index is -0.292. The predicted octanol–water partition coefficient (Wildman–Crippen LogP) is 1.11. The summed E-state index contributed by atoms with van der Waals surface area (Å²) in [4.78, 5) is 28.5. The normalized spacial score (nSPS) is 30.6. The second kappa shape index (κ2) is 6.77. The summed E-state index contributed by atoms with van der Waals surface area (Å²) in [6.45, 7) is 8.40. The van der Waals surface area contributed by atoms with Crippen LogP contribution in [-0.2, 0) is 9.59 Å². The molecule has 2 aliphatic heterocycles. The van der Waals surface area contributed by atoms with Crippen LogP contribution in [0.3, 0.4) is 0 Å². The van der Waals surface area contributed by atoms with Crippen LogP contribution >= 0.6 is 0 Å². The highest BCUT2D eigenvalue weighted by atomic mass is 16.3. The van der Waals surface area contributed by atoms with E-state index in [1.54, 1.807) is 0 Å². The lowest BCUT2D eigenvalue weighted by atomic mass is 9.92. The Morgan fingerprint density at radius 3 is 2.43 bits per heavy atom. The minimum Gasteiger partial charge on any atom is -0.393 e.